The third-order valence-corrected chi connectivity index (χ3v) is 3.06. The largest absolute Gasteiger partial charge is 0.396 e. The SMILES string of the molecule is CN(CCCO)C(=O)c1ccc(Br)c([N+](=O)[O-])c1. The molecule has 0 aliphatic heterocycles. The van der Waals surface area contributed by atoms with Gasteiger partial charge in [0.05, 0.1) is 9.40 Å². The number of amides is 1. The minimum atomic E-state index is -0.547. The zero-order valence-corrected chi connectivity index (χ0v) is 11.4. The Morgan fingerprint density at radius 2 is 2.22 bits per heavy atom. The molecule has 0 saturated carbocycles. The van der Waals surface area contributed by atoms with Crippen LogP contribution < -0.4 is 0 Å². The van der Waals surface area contributed by atoms with Gasteiger partial charge in [0.2, 0.25) is 0 Å². The maximum atomic E-state index is 11.9. The molecule has 0 bridgehead atoms. The number of nitrogens with zero attached hydrogens (tertiary/aromatic N) is 2. The predicted octanol–water partition coefficient (Wildman–Crippen LogP) is 1.81. The number of hydrogen-bond donors (Lipinski definition) is 1. The first-order chi connectivity index (χ1) is 8.47. The number of nitro groups is 1. The number of hydrogen-bond acceptors (Lipinski definition) is 4. The third-order valence-electron chi connectivity index (χ3n) is 2.39. The van der Waals surface area contributed by atoms with Gasteiger partial charge in [-0.3, -0.25) is 14.9 Å². The van der Waals surface area contributed by atoms with Crippen molar-refractivity contribution in [3.05, 3.63) is 38.3 Å². The van der Waals surface area contributed by atoms with Crippen molar-refractivity contribution in [2.75, 3.05) is 20.2 Å². The van der Waals surface area contributed by atoms with Gasteiger partial charge in [-0.15, -0.1) is 0 Å². The molecule has 0 aromatic heterocycles. The van der Waals surface area contributed by atoms with Crippen LogP contribution in [0, 0.1) is 10.1 Å². The Bertz CT molecular complexity index is 464. The molecule has 1 aromatic rings. The first kappa shape index (κ1) is 14.6. The lowest BCUT2D eigenvalue weighted by molar-refractivity contribution is -0.385. The van der Waals surface area contributed by atoms with E-state index in [1.54, 1.807) is 7.05 Å². The highest BCUT2D eigenvalue weighted by Gasteiger charge is 2.18. The van der Waals surface area contributed by atoms with Crippen molar-refractivity contribution in [1.82, 2.24) is 4.90 Å². The van der Waals surface area contributed by atoms with E-state index >= 15 is 0 Å². The number of benzene rings is 1. The van der Waals surface area contributed by atoms with Gasteiger partial charge in [-0.25, -0.2) is 0 Å². The summed E-state index contributed by atoms with van der Waals surface area (Å²) in [5, 5.41) is 19.4. The summed E-state index contributed by atoms with van der Waals surface area (Å²) in [6.45, 7) is 0.400. The Morgan fingerprint density at radius 3 is 2.78 bits per heavy atom. The second-order valence-electron chi connectivity index (χ2n) is 3.73. The molecule has 98 valence electrons. The molecule has 1 aromatic carbocycles. The van der Waals surface area contributed by atoms with E-state index in [0.29, 0.717) is 17.4 Å². The molecule has 0 atom stereocenters. The summed E-state index contributed by atoms with van der Waals surface area (Å²) in [4.78, 5) is 23.6. The molecule has 0 radical (unpaired) electrons. The van der Waals surface area contributed by atoms with Crippen LogP contribution in [-0.2, 0) is 0 Å². The van der Waals surface area contributed by atoms with Crippen LogP contribution in [0.3, 0.4) is 0 Å². The average Bonchev–Trinajstić information content (AvgIpc) is 2.35. The summed E-state index contributed by atoms with van der Waals surface area (Å²) in [5.41, 5.74) is 0.113. The van der Waals surface area contributed by atoms with Crippen LogP contribution >= 0.6 is 15.9 Å². The average molecular weight is 317 g/mol. The lowest BCUT2D eigenvalue weighted by atomic mass is 10.2. The molecular weight excluding hydrogens is 304 g/mol. The standard InChI is InChI=1S/C11H13BrN2O4/c1-13(5-2-6-15)11(16)8-3-4-9(12)10(7-8)14(17)18/h3-4,7,15H,2,5-6H2,1H3. The monoisotopic (exact) mass is 316 g/mol. The number of halogens is 1. The molecule has 18 heavy (non-hydrogen) atoms. The lowest BCUT2D eigenvalue weighted by Gasteiger charge is -2.16. The van der Waals surface area contributed by atoms with Crippen LogP contribution in [0.25, 0.3) is 0 Å². The molecule has 0 unspecified atom stereocenters. The maximum absolute atomic E-state index is 11.9. The third kappa shape index (κ3) is 3.51. The normalized spacial score (nSPS) is 10.2. The molecule has 0 fully saturated rings. The highest BCUT2D eigenvalue weighted by Crippen LogP contribution is 2.26. The van der Waals surface area contributed by atoms with Gasteiger partial charge in [-0.05, 0) is 34.5 Å². The zero-order chi connectivity index (χ0) is 13.7. The topological polar surface area (TPSA) is 83.7 Å². The zero-order valence-electron chi connectivity index (χ0n) is 9.80. The van der Waals surface area contributed by atoms with Crippen molar-refractivity contribution >= 4 is 27.5 Å². The van der Waals surface area contributed by atoms with Gasteiger partial charge >= 0.3 is 0 Å². The van der Waals surface area contributed by atoms with E-state index in [1.807, 2.05) is 0 Å². The Hall–Kier alpha value is -1.47. The second-order valence-corrected chi connectivity index (χ2v) is 4.58. The minimum Gasteiger partial charge on any atom is -0.396 e. The van der Waals surface area contributed by atoms with Crippen molar-refractivity contribution < 1.29 is 14.8 Å². The van der Waals surface area contributed by atoms with E-state index in [4.69, 9.17) is 5.11 Å². The molecule has 7 heteroatoms. The molecule has 1 amide bonds. The first-order valence-electron chi connectivity index (χ1n) is 5.27. The van der Waals surface area contributed by atoms with Crippen molar-refractivity contribution in [3.63, 3.8) is 0 Å². The first-order valence-corrected chi connectivity index (χ1v) is 6.07. The van der Waals surface area contributed by atoms with Gasteiger partial charge in [-0.2, -0.15) is 0 Å². The number of rotatable bonds is 5. The van der Waals surface area contributed by atoms with Crippen LogP contribution in [0.5, 0.6) is 0 Å². The van der Waals surface area contributed by atoms with E-state index in [0.717, 1.165) is 0 Å². The predicted molar refractivity (Wildman–Crippen MR) is 69.5 cm³/mol. The van der Waals surface area contributed by atoms with Gasteiger partial charge in [0.25, 0.3) is 11.6 Å². The molecular formula is C11H13BrN2O4. The summed E-state index contributed by atoms with van der Waals surface area (Å²) >= 11 is 3.06. The van der Waals surface area contributed by atoms with Gasteiger partial charge in [-0.1, -0.05) is 0 Å². The molecule has 0 aliphatic rings. The fourth-order valence-corrected chi connectivity index (χ4v) is 1.81. The second kappa shape index (κ2) is 6.46. The fourth-order valence-electron chi connectivity index (χ4n) is 1.42. The summed E-state index contributed by atoms with van der Waals surface area (Å²) in [6, 6.07) is 4.24. The van der Waals surface area contributed by atoms with Gasteiger partial charge in [0, 0.05) is 31.8 Å². The molecule has 0 spiro atoms. The highest BCUT2D eigenvalue weighted by atomic mass is 79.9. The molecule has 6 nitrogen and oxygen atoms in total. The fraction of sp³-hybridized carbons (Fsp3) is 0.364. The lowest BCUT2D eigenvalue weighted by Crippen LogP contribution is -2.28. The molecule has 0 aliphatic carbocycles. The summed E-state index contributed by atoms with van der Waals surface area (Å²) in [6.07, 6.45) is 0.473. The molecule has 1 N–H and O–H groups in total. The molecule has 0 saturated heterocycles. The van der Waals surface area contributed by atoms with Gasteiger partial charge in [0.15, 0.2) is 0 Å². The number of carbonyl (C=O) groups excluding carboxylic acids is 1. The summed E-state index contributed by atoms with van der Waals surface area (Å²) < 4.78 is 0.335. The maximum Gasteiger partial charge on any atom is 0.284 e. The van der Waals surface area contributed by atoms with Crippen LogP contribution in [0.4, 0.5) is 5.69 Å². The van der Waals surface area contributed by atoms with Crippen molar-refractivity contribution in [2.45, 2.75) is 6.42 Å². The Morgan fingerprint density at radius 1 is 1.56 bits per heavy atom. The van der Waals surface area contributed by atoms with E-state index in [9.17, 15) is 14.9 Å². The van der Waals surface area contributed by atoms with Crippen molar-refractivity contribution in [2.24, 2.45) is 0 Å². The minimum absolute atomic E-state index is 0.00188. The van der Waals surface area contributed by atoms with E-state index in [1.165, 1.54) is 23.1 Å². The van der Waals surface area contributed by atoms with E-state index in [-0.39, 0.29) is 23.8 Å². The smallest absolute Gasteiger partial charge is 0.284 e. The molecule has 0 heterocycles. The molecule has 1 rings (SSSR count). The van der Waals surface area contributed by atoms with Gasteiger partial charge in [0.1, 0.15) is 0 Å². The number of aliphatic hydroxyl groups excluding tert-OH is 1. The number of aliphatic hydroxyl groups is 1. The van der Waals surface area contributed by atoms with Crippen molar-refractivity contribution in [1.29, 1.82) is 0 Å². The summed E-state index contributed by atoms with van der Waals surface area (Å²) in [7, 11) is 1.59. The van der Waals surface area contributed by atoms with Crippen LogP contribution in [0.2, 0.25) is 0 Å². The number of carbonyl (C=O) groups is 1. The van der Waals surface area contributed by atoms with Crippen LogP contribution in [-0.4, -0.2) is 41.0 Å². The Labute approximate surface area is 112 Å². The van der Waals surface area contributed by atoms with E-state index in [2.05, 4.69) is 15.9 Å². The Kier molecular flexibility index (Phi) is 5.24. The van der Waals surface area contributed by atoms with Gasteiger partial charge < -0.3 is 10.0 Å². The Balaban J connectivity index is 2.93. The summed E-state index contributed by atoms with van der Waals surface area (Å²) in [5.74, 6) is -0.306. The highest BCUT2D eigenvalue weighted by molar-refractivity contribution is 9.10. The van der Waals surface area contributed by atoms with E-state index < -0.39 is 4.92 Å². The quantitative estimate of drug-likeness (QED) is 0.663. The van der Waals surface area contributed by atoms with Crippen LogP contribution in [0.15, 0.2) is 22.7 Å². The van der Waals surface area contributed by atoms with Crippen molar-refractivity contribution in [3.8, 4) is 0 Å². The van der Waals surface area contributed by atoms with Crippen LogP contribution in [0.1, 0.15) is 16.8 Å². The number of nitro benzene ring substituents is 1.